The number of ether oxygens (including phenoxy) is 1. The van der Waals surface area contributed by atoms with Crippen LogP contribution in [0.25, 0.3) is 0 Å². The lowest BCUT2D eigenvalue weighted by Gasteiger charge is -2.07. The fourth-order valence-electron chi connectivity index (χ4n) is 1.17. The van der Waals surface area contributed by atoms with Gasteiger partial charge in [0.05, 0.1) is 18.2 Å². The summed E-state index contributed by atoms with van der Waals surface area (Å²) in [5.41, 5.74) is 0.119. The van der Waals surface area contributed by atoms with E-state index in [1.165, 1.54) is 26.2 Å². The standard InChI is InChI=1S/C10H10O4/c1-6(12)7-3-4-9(14-2)8(5-11)10(7)13/h3-5,13H,1-2H3. The van der Waals surface area contributed by atoms with Gasteiger partial charge in [-0.3, -0.25) is 9.59 Å². The molecule has 0 aliphatic rings. The molecule has 0 aliphatic heterocycles. The topological polar surface area (TPSA) is 63.6 Å². The molecule has 0 aliphatic carbocycles. The zero-order valence-electron chi connectivity index (χ0n) is 7.90. The highest BCUT2D eigenvalue weighted by Crippen LogP contribution is 2.29. The maximum absolute atomic E-state index is 11.0. The minimum absolute atomic E-state index is 0.000185. The minimum Gasteiger partial charge on any atom is -0.506 e. The molecule has 0 atom stereocenters. The number of carbonyl (C=O) groups excluding carboxylic acids is 2. The lowest BCUT2D eigenvalue weighted by molar-refractivity contribution is 0.101. The van der Waals surface area contributed by atoms with Crippen LogP contribution in [0, 0.1) is 0 Å². The highest BCUT2D eigenvalue weighted by molar-refractivity contribution is 6.00. The maximum Gasteiger partial charge on any atom is 0.163 e. The third-order valence-corrected chi connectivity index (χ3v) is 1.89. The molecule has 14 heavy (non-hydrogen) atoms. The van der Waals surface area contributed by atoms with Crippen molar-refractivity contribution in [1.82, 2.24) is 0 Å². The number of aromatic hydroxyl groups is 1. The van der Waals surface area contributed by atoms with Gasteiger partial charge in [0.25, 0.3) is 0 Å². The molecule has 0 unspecified atom stereocenters. The van der Waals surface area contributed by atoms with Crippen molar-refractivity contribution in [1.29, 1.82) is 0 Å². The Morgan fingerprint density at radius 2 is 2.14 bits per heavy atom. The van der Waals surface area contributed by atoms with Gasteiger partial charge >= 0.3 is 0 Å². The molecule has 0 radical (unpaired) electrons. The number of methoxy groups -OCH3 is 1. The average Bonchev–Trinajstić information content (AvgIpc) is 2.16. The number of carbonyl (C=O) groups is 2. The van der Waals surface area contributed by atoms with Crippen LogP contribution in [0.15, 0.2) is 12.1 Å². The second kappa shape index (κ2) is 3.91. The van der Waals surface area contributed by atoms with E-state index in [-0.39, 0.29) is 28.4 Å². The summed E-state index contributed by atoms with van der Waals surface area (Å²) < 4.78 is 4.85. The zero-order valence-corrected chi connectivity index (χ0v) is 7.90. The van der Waals surface area contributed by atoms with Gasteiger partial charge in [-0.2, -0.15) is 0 Å². The first-order valence-corrected chi connectivity index (χ1v) is 3.98. The van der Waals surface area contributed by atoms with Crippen LogP contribution < -0.4 is 4.74 Å². The number of phenolic OH excluding ortho intramolecular Hbond substituents is 1. The molecule has 4 nitrogen and oxygen atoms in total. The number of benzene rings is 1. The van der Waals surface area contributed by atoms with E-state index < -0.39 is 0 Å². The number of rotatable bonds is 3. The van der Waals surface area contributed by atoms with Crippen molar-refractivity contribution in [3.8, 4) is 11.5 Å². The molecule has 1 aromatic rings. The van der Waals surface area contributed by atoms with Gasteiger partial charge in [0.15, 0.2) is 12.1 Å². The first-order valence-electron chi connectivity index (χ1n) is 3.98. The number of hydrogen-bond acceptors (Lipinski definition) is 4. The third-order valence-electron chi connectivity index (χ3n) is 1.89. The van der Waals surface area contributed by atoms with Crippen LogP contribution in [-0.2, 0) is 0 Å². The number of phenols is 1. The Morgan fingerprint density at radius 1 is 1.50 bits per heavy atom. The summed E-state index contributed by atoms with van der Waals surface area (Å²) in [6, 6.07) is 2.89. The van der Waals surface area contributed by atoms with Gasteiger partial charge in [-0.1, -0.05) is 0 Å². The molecule has 1 rings (SSSR count). The molecular weight excluding hydrogens is 184 g/mol. The number of aldehydes is 1. The Bertz CT molecular complexity index is 382. The average molecular weight is 194 g/mol. The van der Waals surface area contributed by atoms with Gasteiger partial charge in [-0.05, 0) is 19.1 Å². The number of hydrogen-bond donors (Lipinski definition) is 1. The summed E-state index contributed by atoms with van der Waals surface area (Å²) in [7, 11) is 1.38. The summed E-state index contributed by atoms with van der Waals surface area (Å²) in [5.74, 6) is -0.373. The summed E-state index contributed by atoms with van der Waals surface area (Å²) in [6.45, 7) is 1.32. The van der Waals surface area contributed by atoms with E-state index >= 15 is 0 Å². The fourth-order valence-corrected chi connectivity index (χ4v) is 1.17. The quantitative estimate of drug-likeness (QED) is 0.583. The summed E-state index contributed by atoms with van der Waals surface area (Å²) >= 11 is 0. The first-order chi connectivity index (χ1) is 6.61. The van der Waals surface area contributed by atoms with Crippen LogP contribution >= 0.6 is 0 Å². The van der Waals surface area contributed by atoms with Crippen molar-refractivity contribution < 1.29 is 19.4 Å². The smallest absolute Gasteiger partial charge is 0.163 e. The molecule has 1 aromatic carbocycles. The third kappa shape index (κ3) is 1.59. The maximum atomic E-state index is 11.0. The largest absolute Gasteiger partial charge is 0.506 e. The van der Waals surface area contributed by atoms with Gasteiger partial charge in [0.2, 0.25) is 0 Å². The van der Waals surface area contributed by atoms with Crippen LogP contribution in [0.2, 0.25) is 0 Å². The van der Waals surface area contributed by atoms with Gasteiger partial charge < -0.3 is 9.84 Å². The Labute approximate surface area is 81.1 Å². The Kier molecular flexibility index (Phi) is 2.86. The van der Waals surface area contributed by atoms with E-state index in [0.29, 0.717) is 6.29 Å². The molecule has 0 bridgehead atoms. The van der Waals surface area contributed by atoms with Crippen molar-refractivity contribution >= 4 is 12.1 Å². The van der Waals surface area contributed by atoms with Crippen molar-refractivity contribution in [2.24, 2.45) is 0 Å². The molecule has 0 saturated heterocycles. The number of ketones is 1. The molecule has 0 aromatic heterocycles. The van der Waals surface area contributed by atoms with Crippen LogP contribution in [0.4, 0.5) is 0 Å². The Hall–Kier alpha value is -1.84. The summed E-state index contributed by atoms with van der Waals surface area (Å²) in [4.78, 5) is 21.6. The van der Waals surface area contributed by atoms with E-state index in [9.17, 15) is 14.7 Å². The van der Waals surface area contributed by atoms with E-state index in [0.717, 1.165) is 0 Å². The molecular formula is C10H10O4. The zero-order chi connectivity index (χ0) is 10.7. The van der Waals surface area contributed by atoms with Crippen molar-refractivity contribution in [2.75, 3.05) is 7.11 Å². The van der Waals surface area contributed by atoms with Crippen molar-refractivity contribution in [3.05, 3.63) is 23.3 Å². The SMILES string of the molecule is COc1ccc(C(C)=O)c(O)c1C=O. The van der Waals surface area contributed by atoms with Gasteiger partial charge in [-0.25, -0.2) is 0 Å². The molecule has 74 valence electrons. The van der Waals surface area contributed by atoms with E-state index in [1.54, 1.807) is 0 Å². The summed E-state index contributed by atoms with van der Waals surface area (Å²) in [5, 5.41) is 9.54. The fraction of sp³-hybridized carbons (Fsp3) is 0.200. The van der Waals surface area contributed by atoms with Gasteiger partial charge in [-0.15, -0.1) is 0 Å². The highest BCUT2D eigenvalue weighted by Gasteiger charge is 2.14. The minimum atomic E-state index is -0.327. The van der Waals surface area contributed by atoms with Gasteiger partial charge in [0, 0.05) is 0 Å². The Morgan fingerprint density at radius 3 is 2.57 bits per heavy atom. The summed E-state index contributed by atoms with van der Waals surface area (Å²) in [6.07, 6.45) is 0.459. The molecule has 0 spiro atoms. The molecule has 1 N–H and O–H groups in total. The normalized spacial score (nSPS) is 9.57. The molecule has 4 heteroatoms. The Balaban J connectivity index is 3.42. The predicted octanol–water partition coefficient (Wildman–Crippen LogP) is 1.42. The first kappa shape index (κ1) is 10.2. The molecule has 0 amide bonds. The molecule has 0 heterocycles. The van der Waals surface area contributed by atoms with Gasteiger partial charge in [0.1, 0.15) is 11.5 Å². The van der Waals surface area contributed by atoms with Crippen LogP contribution in [0.3, 0.4) is 0 Å². The lowest BCUT2D eigenvalue weighted by atomic mass is 10.1. The van der Waals surface area contributed by atoms with Crippen molar-refractivity contribution in [3.63, 3.8) is 0 Å². The second-order valence-corrected chi connectivity index (χ2v) is 2.75. The lowest BCUT2D eigenvalue weighted by Crippen LogP contribution is -1.98. The highest BCUT2D eigenvalue weighted by atomic mass is 16.5. The van der Waals surface area contributed by atoms with Crippen LogP contribution in [0.1, 0.15) is 27.6 Å². The van der Waals surface area contributed by atoms with E-state index in [4.69, 9.17) is 4.74 Å². The van der Waals surface area contributed by atoms with E-state index in [2.05, 4.69) is 0 Å². The van der Waals surface area contributed by atoms with Crippen molar-refractivity contribution in [2.45, 2.75) is 6.92 Å². The second-order valence-electron chi connectivity index (χ2n) is 2.75. The van der Waals surface area contributed by atoms with Crippen LogP contribution in [0.5, 0.6) is 11.5 Å². The molecule has 0 saturated carbocycles. The monoisotopic (exact) mass is 194 g/mol. The van der Waals surface area contributed by atoms with Crippen LogP contribution in [-0.4, -0.2) is 24.3 Å². The van der Waals surface area contributed by atoms with E-state index in [1.807, 2.05) is 0 Å². The predicted molar refractivity (Wildman–Crippen MR) is 50.1 cm³/mol. The number of Topliss-reactive ketones (excluding diaryl/α,β-unsaturated/α-hetero) is 1. The molecule has 0 fully saturated rings.